The Morgan fingerprint density at radius 3 is 2.38 bits per heavy atom. The van der Waals surface area contributed by atoms with Gasteiger partial charge in [-0.25, -0.2) is 4.68 Å². The Morgan fingerprint density at radius 1 is 1.02 bits per heavy atom. The van der Waals surface area contributed by atoms with Gasteiger partial charge in [0, 0.05) is 59.4 Å². The Bertz CT molecular complexity index is 1630. The summed E-state index contributed by atoms with van der Waals surface area (Å²) in [4.78, 5) is 43.4. The van der Waals surface area contributed by atoms with Crippen LogP contribution in [0.5, 0.6) is 0 Å². The van der Waals surface area contributed by atoms with E-state index in [1.807, 2.05) is 41.5 Å². The number of aromatic nitrogens is 3. The van der Waals surface area contributed by atoms with Gasteiger partial charge in [-0.2, -0.15) is 5.10 Å². The number of likely N-dealkylation sites (N-methyl/N-ethyl adjacent to an activating group) is 1. The Kier molecular flexibility index (Phi) is 8.52. The number of piperazine rings is 1. The number of Topliss-reactive ketones (excluding diaryl/α,β-unsaturated/α-hetero) is 1. The summed E-state index contributed by atoms with van der Waals surface area (Å²) >= 11 is 6.32. The molecule has 42 heavy (non-hydrogen) atoms. The fourth-order valence-electron chi connectivity index (χ4n) is 5.62. The van der Waals surface area contributed by atoms with E-state index < -0.39 is 0 Å². The number of benzene rings is 2. The standard InChI is InChI=1S/C32H37ClN6O3/c1-6-7-30(40)27-15-34-39(22(27)4)25-11-9-24(10-12-25)35-32(42)28-18-37(29-13-8-23(33)14-26(28)29)19-31(41)38-16-20(2)36(5)21(3)17-38/h8-15,18,20-21H,6-7,16-17,19H2,1-5H3,(H,35,42). The van der Waals surface area contributed by atoms with E-state index in [2.05, 4.69) is 36.2 Å². The minimum Gasteiger partial charge on any atom is -0.338 e. The lowest BCUT2D eigenvalue weighted by Crippen LogP contribution is -2.56. The van der Waals surface area contributed by atoms with Gasteiger partial charge in [0.05, 0.1) is 28.7 Å². The minimum atomic E-state index is -0.300. The second-order valence-electron chi connectivity index (χ2n) is 11.2. The first-order chi connectivity index (χ1) is 20.1. The van der Waals surface area contributed by atoms with Crippen LogP contribution in [0.2, 0.25) is 5.02 Å². The lowest BCUT2D eigenvalue weighted by molar-refractivity contribution is -0.135. The quantitative estimate of drug-likeness (QED) is 0.272. The van der Waals surface area contributed by atoms with Crippen molar-refractivity contribution in [3.05, 3.63) is 76.7 Å². The molecule has 1 N–H and O–H groups in total. The van der Waals surface area contributed by atoms with E-state index in [0.29, 0.717) is 46.7 Å². The third-order valence-electron chi connectivity index (χ3n) is 8.26. The zero-order valence-corrected chi connectivity index (χ0v) is 25.5. The van der Waals surface area contributed by atoms with Gasteiger partial charge in [0.25, 0.3) is 5.91 Å². The molecule has 1 fully saturated rings. The number of fused-ring (bicyclic) bond motifs is 1. The smallest absolute Gasteiger partial charge is 0.257 e. The third kappa shape index (κ3) is 5.84. The molecule has 10 heteroatoms. The van der Waals surface area contributed by atoms with Crippen LogP contribution in [0.25, 0.3) is 16.6 Å². The zero-order chi connectivity index (χ0) is 30.1. The first kappa shape index (κ1) is 29.5. The Morgan fingerprint density at radius 2 is 1.71 bits per heavy atom. The van der Waals surface area contributed by atoms with E-state index in [0.717, 1.165) is 23.3 Å². The van der Waals surface area contributed by atoms with Crippen LogP contribution in [-0.4, -0.2) is 74.0 Å². The highest BCUT2D eigenvalue weighted by atomic mass is 35.5. The van der Waals surface area contributed by atoms with Crippen molar-refractivity contribution >= 4 is 45.8 Å². The maximum atomic E-state index is 13.5. The van der Waals surface area contributed by atoms with Gasteiger partial charge >= 0.3 is 0 Å². The molecule has 4 aromatic rings. The molecule has 220 valence electrons. The average molecular weight is 589 g/mol. The molecular formula is C32H37ClN6O3. The lowest BCUT2D eigenvalue weighted by Gasteiger charge is -2.42. The van der Waals surface area contributed by atoms with E-state index in [1.165, 1.54) is 0 Å². The first-order valence-corrected chi connectivity index (χ1v) is 14.7. The maximum absolute atomic E-state index is 13.5. The van der Waals surface area contributed by atoms with E-state index in [4.69, 9.17) is 11.6 Å². The molecule has 0 saturated carbocycles. The number of halogens is 1. The van der Waals surface area contributed by atoms with Crippen molar-refractivity contribution in [2.24, 2.45) is 0 Å². The predicted molar refractivity (Wildman–Crippen MR) is 166 cm³/mol. The van der Waals surface area contributed by atoms with Gasteiger partial charge in [-0.15, -0.1) is 0 Å². The fourth-order valence-corrected chi connectivity index (χ4v) is 5.80. The van der Waals surface area contributed by atoms with Crippen molar-refractivity contribution in [2.45, 2.75) is 59.2 Å². The van der Waals surface area contributed by atoms with Gasteiger partial charge < -0.3 is 14.8 Å². The van der Waals surface area contributed by atoms with Crippen molar-refractivity contribution in [3.8, 4) is 5.69 Å². The second-order valence-corrected chi connectivity index (χ2v) is 11.7. The van der Waals surface area contributed by atoms with Gasteiger partial charge in [-0.3, -0.25) is 19.3 Å². The minimum absolute atomic E-state index is 0.0182. The van der Waals surface area contributed by atoms with E-state index >= 15 is 0 Å². The Hall–Kier alpha value is -3.95. The number of ketones is 1. The van der Waals surface area contributed by atoms with Crippen LogP contribution in [0.4, 0.5) is 5.69 Å². The van der Waals surface area contributed by atoms with Crippen molar-refractivity contribution in [3.63, 3.8) is 0 Å². The molecule has 2 atom stereocenters. The summed E-state index contributed by atoms with van der Waals surface area (Å²) in [7, 11) is 2.09. The van der Waals surface area contributed by atoms with Gasteiger partial charge in [-0.05, 0) is 76.7 Å². The van der Waals surface area contributed by atoms with E-state index in [-0.39, 0.29) is 36.2 Å². The SMILES string of the molecule is CCCC(=O)c1cnn(-c2ccc(NC(=O)c3cn(CC(=O)N4CC(C)N(C)C(C)C4)c4ccc(Cl)cc34)cc2)c1C. The molecule has 0 radical (unpaired) electrons. The maximum Gasteiger partial charge on any atom is 0.257 e. The summed E-state index contributed by atoms with van der Waals surface area (Å²) in [6.07, 6.45) is 4.61. The summed E-state index contributed by atoms with van der Waals surface area (Å²) in [5, 5.41) is 8.57. The van der Waals surface area contributed by atoms with Gasteiger partial charge in [0.2, 0.25) is 5.91 Å². The lowest BCUT2D eigenvalue weighted by atomic mass is 10.1. The Labute approximate surface area is 251 Å². The van der Waals surface area contributed by atoms with Crippen molar-refractivity contribution in [1.82, 2.24) is 24.1 Å². The number of rotatable bonds is 8. The fraction of sp³-hybridized carbons (Fsp3) is 0.375. The van der Waals surface area contributed by atoms with Gasteiger partial charge in [0.15, 0.2) is 5.78 Å². The number of nitrogens with one attached hydrogen (secondary N) is 1. The molecule has 2 amide bonds. The monoisotopic (exact) mass is 588 g/mol. The van der Waals surface area contributed by atoms with Gasteiger partial charge in [-0.1, -0.05) is 18.5 Å². The predicted octanol–water partition coefficient (Wildman–Crippen LogP) is 5.57. The summed E-state index contributed by atoms with van der Waals surface area (Å²) in [6, 6.07) is 13.2. The molecule has 1 saturated heterocycles. The molecule has 0 spiro atoms. The average Bonchev–Trinajstić information content (AvgIpc) is 3.52. The second kappa shape index (κ2) is 12.1. The normalized spacial score (nSPS) is 17.5. The zero-order valence-electron chi connectivity index (χ0n) is 24.7. The number of hydrogen-bond acceptors (Lipinski definition) is 5. The van der Waals surface area contributed by atoms with Crippen LogP contribution in [0.1, 0.15) is 60.0 Å². The summed E-state index contributed by atoms with van der Waals surface area (Å²) < 4.78 is 3.56. The summed E-state index contributed by atoms with van der Waals surface area (Å²) in [6.45, 7) is 9.58. The Balaban J connectivity index is 1.35. The molecule has 5 rings (SSSR count). The van der Waals surface area contributed by atoms with E-state index in [1.54, 1.807) is 41.3 Å². The largest absolute Gasteiger partial charge is 0.338 e. The molecule has 2 aromatic carbocycles. The number of carbonyl (C=O) groups excluding carboxylic acids is 3. The molecule has 9 nitrogen and oxygen atoms in total. The highest BCUT2D eigenvalue weighted by Crippen LogP contribution is 2.27. The number of nitrogens with zero attached hydrogens (tertiary/aromatic N) is 5. The molecule has 3 heterocycles. The molecular weight excluding hydrogens is 552 g/mol. The number of anilines is 1. The van der Waals surface area contributed by atoms with Crippen LogP contribution in [0.3, 0.4) is 0 Å². The summed E-state index contributed by atoms with van der Waals surface area (Å²) in [5.41, 5.74) is 4.01. The van der Waals surface area contributed by atoms with Crippen LogP contribution in [-0.2, 0) is 11.3 Å². The molecule has 2 aromatic heterocycles. The number of carbonyl (C=O) groups is 3. The highest BCUT2D eigenvalue weighted by Gasteiger charge is 2.29. The van der Waals surface area contributed by atoms with Crippen LogP contribution < -0.4 is 5.32 Å². The molecule has 2 unspecified atom stereocenters. The topological polar surface area (TPSA) is 92.5 Å². The highest BCUT2D eigenvalue weighted by molar-refractivity contribution is 6.31. The van der Waals surface area contributed by atoms with Crippen LogP contribution in [0.15, 0.2) is 54.9 Å². The van der Waals surface area contributed by atoms with E-state index in [9.17, 15) is 14.4 Å². The molecule has 1 aliphatic rings. The van der Waals surface area contributed by atoms with Crippen molar-refractivity contribution in [1.29, 1.82) is 0 Å². The van der Waals surface area contributed by atoms with Crippen LogP contribution >= 0.6 is 11.6 Å². The molecule has 0 aliphatic carbocycles. The third-order valence-corrected chi connectivity index (χ3v) is 8.50. The first-order valence-electron chi connectivity index (χ1n) is 14.3. The van der Waals surface area contributed by atoms with Gasteiger partial charge in [0.1, 0.15) is 6.54 Å². The summed E-state index contributed by atoms with van der Waals surface area (Å²) in [5.74, 6) is -0.200. The van der Waals surface area contributed by atoms with Crippen molar-refractivity contribution in [2.75, 3.05) is 25.5 Å². The number of hydrogen-bond donors (Lipinski definition) is 1. The van der Waals surface area contributed by atoms with Crippen LogP contribution in [0, 0.1) is 6.92 Å². The number of amides is 2. The molecule has 1 aliphatic heterocycles. The van der Waals surface area contributed by atoms with Crippen molar-refractivity contribution < 1.29 is 14.4 Å². The molecule has 0 bridgehead atoms.